The monoisotopic (exact) mass is 312 g/mol. The summed E-state index contributed by atoms with van der Waals surface area (Å²) in [7, 11) is 0. The van der Waals surface area contributed by atoms with Crippen LogP contribution in [0, 0.1) is 11.3 Å². The van der Waals surface area contributed by atoms with Crippen LogP contribution < -0.4 is 10.5 Å². The molecule has 1 aliphatic heterocycles. The Bertz CT molecular complexity index is 755. The molecule has 0 radical (unpaired) electrons. The van der Waals surface area contributed by atoms with E-state index in [4.69, 9.17) is 10.5 Å². The quantitative estimate of drug-likeness (QED) is 0.847. The summed E-state index contributed by atoms with van der Waals surface area (Å²) in [6, 6.07) is 3.47. The van der Waals surface area contributed by atoms with Crippen molar-refractivity contribution in [1.82, 2.24) is 10.2 Å². The van der Waals surface area contributed by atoms with E-state index in [9.17, 15) is 18.4 Å². The van der Waals surface area contributed by atoms with Gasteiger partial charge >= 0.3 is 6.18 Å². The van der Waals surface area contributed by atoms with Crippen molar-refractivity contribution in [2.24, 2.45) is 5.73 Å². The SMILES string of the molecule is N#CC1=C(N)Oc2n[nH]c(C(F)(F)F)c2C1c1ccsc1. The lowest BCUT2D eigenvalue weighted by atomic mass is 9.85. The summed E-state index contributed by atoms with van der Waals surface area (Å²) in [5, 5.41) is 18.0. The number of thiophene rings is 1. The molecule has 0 spiro atoms. The summed E-state index contributed by atoms with van der Waals surface area (Å²) >= 11 is 1.31. The summed E-state index contributed by atoms with van der Waals surface area (Å²) < 4.78 is 44.3. The first-order valence-corrected chi connectivity index (χ1v) is 6.63. The van der Waals surface area contributed by atoms with Crippen molar-refractivity contribution >= 4 is 11.3 Å². The second-order valence-corrected chi connectivity index (χ2v) is 5.08. The van der Waals surface area contributed by atoms with E-state index in [-0.39, 0.29) is 22.9 Å². The number of aromatic nitrogens is 2. The van der Waals surface area contributed by atoms with Crippen LogP contribution in [0.5, 0.6) is 5.88 Å². The number of allylic oxidation sites excluding steroid dienone is 1. The van der Waals surface area contributed by atoms with E-state index in [1.807, 2.05) is 11.2 Å². The van der Waals surface area contributed by atoms with E-state index in [1.54, 1.807) is 16.8 Å². The highest BCUT2D eigenvalue weighted by atomic mass is 32.1. The summed E-state index contributed by atoms with van der Waals surface area (Å²) in [6.45, 7) is 0. The molecule has 5 nitrogen and oxygen atoms in total. The number of nitrogens with two attached hydrogens (primary N) is 1. The minimum Gasteiger partial charge on any atom is -0.420 e. The number of hydrogen-bond acceptors (Lipinski definition) is 5. The van der Waals surface area contributed by atoms with E-state index < -0.39 is 17.8 Å². The number of halogens is 3. The first kappa shape index (κ1) is 13.5. The van der Waals surface area contributed by atoms with Gasteiger partial charge in [-0.3, -0.25) is 5.10 Å². The highest BCUT2D eigenvalue weighted by Gasteiger charge is 2.44. The van der Waals surface area contributed by atoms with Gasteiger partial charge in [-0.25, -0.2) is 0 Å². The summed E-state index contributed by atoms with van der Waals surface area (Å²) in [5.41, 5.74) is 4.85. The summed E-state index contributed by atoms with van der Waals surface area (Å²) in [4.78, 5) is 0. The average molecular weight is 312 g/mol. The van der Waals surface area contributed by atoms with Gasteiger partial charge in [0.25, 0.3) is 0 Å². The van der Waals surface area contributed by atoms with Crippen molar-refractivity contribution in [3.05, 3.63) is 45.1 Å². The van der Waals surface area contributed by atoms with Gasteiger partial charge in [-0.15, -0.1) is 5.10 Å². The fourth-order valence-corrected chi connectivity index (χ4v) is 2.92. The highest BCUT2D eigenvalue weighted by molar-refractivity contribution is 7.08. The molecular formula is C12H7F3N4OS. The second kappa shape index (κ2) is 4.53. The Morgan fingerprint density at radius 1 is 1.48 bits per heavy atom. The van der Waals surface area contributed by atoms with Gasteiger partial charge in [0, 0.05) is 0 Å². The van der Waals surface area contributed by atoms with E-state index in [1.165, 1.54) is 11.3 Å². The molecule has 9 heteroatoms. The molecule has 0 aliphatic carbocycles. The van der Waals surface area contributed by atoms with Crippen LogP contribution in [0.15, 0.2) is 28.3 Å². The molecule has 2 aromatic rings. The van der Waals surface area contributed by atoms with Gasteiger partial charge in [0.05, 0.1) is 11.5 Å². The zero-order chi connectivity index (χ0) is 15.2. The molecule has 0 aromatic carbocycles. The Kier molecular flexibility index (Phi) is 2.91. The van der Waals surface area contributed by atoms with Crippen molar-refractivity contribution in [3.63, 3.8) is 0 Å². The van der Waals surface area contributed by atoms with Crippen LogP contribution in [0.1, 0.15) is 22.7 Å². The number of aromatic amines is 1. The Morgan fingerprint density at radius 3 is 2.81 bits per heavy atom. The van der Waals surface area contributed by atoms with E-state index in [0.717, 1.165) is 0 Å². The Morgan fingerprint density at radius 2 is 2.24 bits per heavy atom. The van der Waals surface area contributed by atoms with Gasteiger partial charge < -0.3 is 10.5 Å². The number of nitrogens with zero attached hydrogens (tertiary/aromatic N) is 2. The average Bonchev–Trinajstić information content (AvgIpc) is 3.04. The first-order chi connectivity index (χ1) is 9.93. The van der Waals surface area contributed by atoms with Gasteiger partial charge in [0.15, 0.2) is 0 Å². The predicted molar refractivity (Wildman–Crippen MR) is 67.2 cm³/mol. The van der Waals surface area contributed by atoms with Gasteiger partial charge in [-0.05, 0) is 22.4 Å². The molecule has 0 amide bonds. The molecule has 0 saturated heterocycles. The minimum atomic E-state index is -4.63. The Balaban J connectivity index is 2.26. The second-order valence-electron chi connectivity index (χ2n) is 4.30. The standard InChI is InChI=1S/C12H7F3N4OS/c13-12(14,15)9-8-7(5-1-2-21-4-5)6(3-16)10(17)20-11(8)19-18-9/h1-2,4,7H,17H2,(H,18,19). The number of H-pyrrole nitrogens is 1. The largest absolute Gasteiger partial charge is 0.433 e. The summed E-state index contributed by atoms with van der Waals surface area (Å²) in [5.74, 6) is -1.43. The minimum absolute atomic E-state index is 0.0622. The molecule has 1 aliphatic rings. The zero-order valence-corrected chi connectivity index (χ0v) is 11.0. The lowest BCUT2D eigenvalue weighted by Crippen LogP contribution is -2.22. The molecule has 3 N–H and O–H groups in total. The van der Waals surface area contributed by atoms with Crippen molar-refractivity contribution < 1.29 is 17.9 Å². The number of rotatable bonds is 1. The van der Waals surface area contributed by atoms with Crippen LogP contribution in [0.25, 0.3) is 0 Å². The number of nitriles is 1. The van der Waals surface area contributed by atoms with E-state index in [2.05, 4.69) is 5.10 Å². The molecular weight excluding hydrogens is 305 g/mol. The van der Waals surface area contributed by atoms with Crippen molar-refractivity contribution in [1.29, 1.82) is 5.26 Å². The van der Waals surface area contributed by atoms with Crippen molar-refractivity contribution in [3.8, 4) is 11.9 Å². The first-order valence-electron chi connectivity index (χ1n) is 5.68. The number of fused-ring (bicyclic) bond motifs is 1. The third-order valence-corrected chi connectivity index (χ3v) is 3.80. The molecule has 0 fully saturated rings. The van der Waals surface area contributed by atoms with Crippen LogP contribution in [-0.4, -0.2) is 10.2 Å². The van der Waals surface area contributed by atoms with Gasteiger partial charge in [0.2, 0.25) is 11.8 Å². The summed E-state index contributed by atoms with van der Waals surface area (Å²) in [6.07, 6.45) is -4.63. The molecule has 2 aromatic heterocycles. The zero-order valence-electron chi connectivity index (χ0n) is 10.2. The normalized spacial score (nSPS) is 18.1. The van der Waals surface area contributed by atoms with E-state index >= 15 is 0 Å². The maximum atomic E-state index is 13.1. The maximum absolute atomic E-state index is 13.1. The third-order valence-electron chi connectivity index (χ3n) is 3.10. The fraction of sp³-hybridized carbons (Fsp3) is 0.167. The van der Waals surface area contributed by atoms with Crippen LogP contribution in [-0.2, 0) is 6.18 Å². The lowest BCUT2D eigenvalue weighted by Gasteiger charge is -2.23. The number of nitrogens with one attached hydrogen (secondary N) is 1. The van der Waals surface area contributed by atoms with Crippen LogP contribution in [0.2, 0.25) is 0 Å². The smallest absolute Gasteiger partial charge is 0.420 e. The molecule has 0 saturated carbocycles. The molecule has 108 valence electrons. The van der Waals surface area contributed by atoms with E-state index in [0.29, 0.717) is 5.56 Å². The van der Waals surface area contributed by atoms with Gasteiger partial charge in [0.1, 0.15) is 17.3 Å². The molecule has 1 unspecified atom stereocenters. The molecule has 3 rings (SSSR count). The maximum Gasteiger partial charge on any atom is 0.433 e. The molecule has 21 heavy (non-hydrogen) atoms. The van der Waals surface area contributed by atoms with Crippen molar-refractivity contribution in [2.75, 3.05) is 0 Å². The lowest BCUT2D eigenvalue weighted by molar-refractivity contribution is -0.141. The fourth-order valence-electron chi connectivity index (χ4n) is 2.23. The Hall–Kier alpha value is -2.47. The van der Waals surface area contributed by atoms with Crippen LogP contribution in [0.3, 0.4) is 0 Å². The number of ether oxygens (including phenoxy) is 1. The topological polar surface area (TPSA) is 87.7 Å². The molecule has 3 heterocycles. The van der Waals surface area contributed by atoms with Crippen molar-refractivity contribution in [2.45, 2.75) is 12.1 Å². The van der Waals surface area contributed by atoms with Crippen LogP contribution >= 0.6 is 11.3 Å². The number of alkyl halides is 3. The molecule has 0 bridgehead atoms. The van der Waals surface area contributed by atoms with Gasteiger partial charge in [-0.2, -0.15) is 29.8 Å². The molecule has 1 atom stereocenters. The van der Waals surface area contributed by atoms with Crippen LogP contribution in [0.4, 0.5) is 13.2 Å². The predicted octanol–water partition coefficient (Wildman–Crippen LogP) is 2.71. The Labute approximate surface area is 120 Å². The highest BCUT2D eigenvalue weighted by Crippen LogP contribution is 2.47. The third kappa shape index (κ3) is 2.04. The number of hydrogen-bond donors (Lipinski definition) is 2. The van der Waals surface area contributed by atoms with Gasteiger partial charge in [-0.1, -0.05) is 0 Å².